The van der Waals surface area contributed by atoms with Gasteiger partial charge in [-0.3, -0.25) is 9.69 Å². The van der Waals surface area contributed by atoms with E-state index in [1.807, 2.05) is 4.90 Å². The molecule has 0 aromatic heterocycles. The zero-order valence-corrected chi connectivity index (χ0v) is 15.7. The highest BCUT2D eigenvalue weighted by molar-refractivity contribution is 5.81. The lowest BCUT2D eigenvalue weighted by molar-refractivity contribution is -0.140. The van der Waals surface area contributed by atoms with Crippen molar-refractivity contribution in [2.45, 2.75) is 33.4 Å². The van der Waals surface area contributed by atoms with Gasteiger partial charge in [-0.15, -0.1) is 0 Å². The van der Waals surface area contributed by atoms with Gasteiger partial charge in [0.05, 0.1) is 0 Å². The van der Waals surface area contributed by atoms with E-state index < -0.39 is 0 Å². The second-order valence-corrected chi connectivity index (χ2v) is 7.13. The molecule has 1 amide bonds. The number of carbonyl (C=O) groups is 1. The number of nitrogens with zero attached hydrogens (tertiary/aromatic N) is 2. The predicted octanol–water partition coefficient (Wildman–Crippen LogP) is 4.19. The van der Waals surface area contributed by atoms with Crippen LogP contribution in [0.3, 0.4) is 0 Å². The fourth-order valence-electron chi connectivity index (χ4n) is 2.84. The van der Waals surface area contributed by atoms with Crippen LogP contribution in [-0.4, -0.2) is 35.8 Å². The topological polar surface area (TPSA) is 23.6 Å². The molecule has 3 rings (SSSR count). The highest BCUT2D eigenvalue weighted by Crippen LogP contribution is 2.10. The third kappa shape index (κ3) is 7.10. The number of carbonyl (C=O) groups excluding carboxylic acids is 1. The average molecular weight is 338 g/mol. The SMILES string of the molecule is CC(C)CN1CCC1=O.CN(Cc1ccccc1)Cc1ccccc1. The molecule has 25 heavy (non-hydrogen) atoms. The average Bonchev–Trinajstić information content (AvgIpc) is 2.60. The molecular weight excluding hydrogens is 308 g/mol. The molecule has 1 heterocycles. The quantitative estimate of drug-likeness (QED) is 0.737. The molecular formula is C22H30N2O. The van der Waals surface area contributed by atoms with Crippen LogP contribution in [0.1, 0.15) is 31.4 Å². The largest absolute Gasteiger partial charge is 0.342 e. The Morgan fingerprint density at radius 3 is 1.68 bits per heavy atom. The fraction of sp³-hybridized carbons (Fsp3) is 0.409. The zero-order chi connectivity index (χ0) is 18.1. The van der Waals surface area contributed by atoms with Gasteiger partial charge < -0.3 is 4.90 Å². The summed E-state index contributed by atoms with van der Waals surface area (Å²) >= 11 is 0. The van der Waals surface area contributed by atoms with Crippen molar-refractivity contribution >= 4 is 5.91 Å². The van der Waals surface area contributed by atoms with Crippen molar-refractivity contribution in [3.8, 4) is 0 Å². The third-order valence-corrected chi connectivity index (χ3v) is 4.12. The van der Waals surface area contributed by atoms with Crippen molar-refractivity contribution < 1.29 is 4.79 Å². The molecule has 0 atom stereocenters. The number of likely N-dealkylation sites (tertiary alicyclic amines) is 1. The van der Waals surface area contributed by atoms with Crippen molar-refractivity contribution in [1.82, 2.24) is 9.80 Å². The van der Waals surface area contributed by atoms with Crippen molar-refractivity contribution in [3.63, 3.8) is 0 Å². The maximum absolute atomic E-state index is 10.7. The summed E-state index contributed by atoms with van der Waals surface area (Å²) in [6.07, 6.45) is 0.771. The van der Waals surface area contributed by atoms with Crippen LogP contribution in [0.4, 0.5) is 0 Å². The van der Waals surface area contributed by atoms with E-state index in [-0.39, 0.29) is 0 Å². The Labute approximate surface area is 152 Å². The first-order chi connectivity index (χ1) is 12.0. The van der Waals surface area contributed by atoms with Crippen LogP contribution in [0.5, 0.6) is 0 Å². The van der Waals surface area contributed by atoms with Gasteiger partial charge in [0.2, 0.25) is 5.91 Å². The van der Waals surface area contributed by atoms with Crippen LogP contribution < -0.4 is 0 Å². The lowest BCUT2D eigenvalue weighted by Gasteiger charge is -2.31. The van der Waals surface area contributed by atoms with Crippen LogP contribution in [0.2, 0.25) is 0 Å². The standard InChI is InChI=1S/C15H17N.C7H13NO/c1-16(12-14-8-4-2-5-9-14)13-15-10-6-3-7-11-15;1-6(2)5-8-4-3-7(8)9/h2-11H,12-13H2,1H3;6H,3-5H2,1-2H3. The van der Waals surface area contributed by atoms with Crippen LogP contribution >= 0.6 is 0 Å². The van der Waals surface area contributed by atoms with Gasteiger partial charge in [-0.1, -0.05) is 74.5 Å². The van der Waals surface area contributed by atoms with Crippen LogP contribution in [0.15, 0.2) is 60.7 Å². The number of benzene rings is 2. The van der Waals surface area contributed by atoms with Gasteiger partial charge in [0.25, 0.3) is 0 Å². The molecule has 0 radical (unpaired) electrons. The maximum Gasteiger partial charge on any atom is 0.224 e. The van der Waals surface area contributed by atoms with Gasteiger partial charge >= 0.3 is 0 Å². The number of amides is 1. The fourth-order valence-corrected chi connectivity index (χ4v) is 2.84. The molecule has 0 N–H and O–H groups in total. The highest BCUT2D eigenvalue weighted by Gasteiger charge is 2.23. The Bertz CT molecular complexity index is 583. The Balaban J connectivity index is 0.000000212. The molecule has 134 valence electrons. The Morgan fingerprint density at radius 2 is 1.40 bits per heavy atom. The molecule has 1 aliphatic heterocycles. The summed E-state index contributed by atoms with van der Waals surface area (Å²) in [5, 5.41) is 0. The minimum atomic E-state index is 0.323. The van der Waals surface area contributed by atoms with E-state index in [1.165, 1.54) is 11.1 Å². The van der Waals surface area contributed by atoms with E-state index >= 15 is 0 Å². The van der Waals surface area contributed by atoms with Crippen molar-refractivity contribution in [3.05, 3.63) is 71.8 Å². The number of hydrogen-bond donors (Lipinski definition) is 0. The summed E-state index contributed by atoms with van der Waals surface area (Å²) in [6, 6.07) is 21.1. The second-order valence-electron chi connectivity index (χ2n) is 7.13. The van der Waals surface area contributed by atoms with Crippen molar-refractivity contribution in [2.75, 3.05) is 20.1 Å². The molecule has 2 aromatic rings. The molecule has 0 aliphatic carbocycles. The van der Waals surface area contributed by atoms with Gasteiger partial charge in [-0.05, 0) is 24.1 Å². The van der Waals surface area contributed by atoms with Gasteiger partial charge in [-0.25, -0.2) is 0 Å². The van der Waals surface area contributed by atoms with Crippen molar-refractivity contribution in [1.29, 1.82) is 0 Å². The molecule has 1 fully saturated rings. The monoisotopic (exact) mass is 338 g/mol. The Hall–Kier alpha value is -2.13. The Morgan fingerprint density at radius 1 is 0.920 bits per heavy atom. The summed E-state index contributed by atoms with van der Waals surface area (Å²) in [7, 11) is 2.15. The van der Waals surface area contributed by atoms with Gasteiger partial charge in [-0.2, -0.15) is 0 Å². The molecule has 1 saturated heterocycles. The molecule has 1 aliphatic rings. The molecule has 0 bridgehead atoms. The highest BCUT2D eigenvalue weighted by atomic mass is 16.2. The lowest BCUT2D eigenvalue weighted by Crippen LogP contribution is -2.45. The first-order valence-corrected chi connectivity index (χ1v) is 9.08. The summed E-state index contributed by atoms with van der Waals surface area (Å²) in [4.78, 5) is 14.9. The molecule has 3 heteroatoms. The third-order valence-electron chi connectivity index (χ3n) is 4.12. The molecule has 0 saturated carbocycles. The summed E-state index contributed by atoms with van der Waals surface area (Å²) < 4.78 is 0. The summed E-state index contributed by atoms with van der Waals surface area (Å²) in [5.41, 5.74) is 2.72. The minimum absolute atomic E-state index is 0.323. The number of rotatable bonds is 6. The summed E-state index contributed by atoms with van der Waals surface area (Å²) in [5.74, 6) is 0.943. The van der Waals surface area contributed by atoms with Gasteiger partial charge in [0, 0.05) is 32.6 Å². The molecule has 0 spiro atoms. The van der Waals surface area contributed by atoms with Crippen LogP contribution in [0.25, 0.3) is 0 Å². The smallest absolute Gasteiger partial charge is 0.224 e. The predicted molar refractivity (Wildman–Crippen MR) is 104 cm³/mol. The van der Waals surface area contributed by atoms with E-state index in [1.54, 1.807) is 0 Å². The number of hydrogen-bond acceptors (Lipinski definition) is 2. The van der Waals surface area contributed by atoms with E-state index in [0.717, 1.165) is 32.6 Å². The first kappa shape index (κ1) is 19.2. The molecule has 2 aromatic carbocycles. The van der Waals surface area contributed by atoms with E-state index in [4.69, 9.17) is 0 Å². The van der Waals surface area contributed by atoms with Crippen LogP contribution in [0, 0.1) is 5.92 Å². The van der Waals surface area contributed by atoms with E-state index in [9.17, 15) is 4.79 Å². The Kier molecular flexibility index (Phi) is 7.68. The van der Waals surface area contributed by atoms with Gasteiger partial charge in [0.1, 0.15) is 0 Å². The van der Waals surface area contributed by atoms with E-state index in [2.05, 4.69) is 86.5 Å². The van der Waals surface area contributed by atoms with Crippen LogP contribution in [-0.2, 0) is 17.9 Å². The maximum atomic E-state index is 10.7. The lowest BCUT2D eigenvalue weighted by atomic mass is 10.1. The zero-order valence-electron chi connectivity index (χ0n) is 15.7. The molecule has 0 unspecified atom stereocenters. The van der Waals surface area contributed by atoms with Crippen molar-refractivity contribution in [2.24, 2.45) is 5.92 Å². The summed E-state index contributed by atoms with van der Waals surface area (Å²) in [6.45, 7) is 8.18. The van der Waals surface area contributed by atoms with Gasteiger partial charge in [0.15, 0.2) is 0 Å². The van der Waals surface area contributed by atoms with E-state index in [0.29, 0.717) is 11.8 Å². The molecule has 3 nitrogen and oxygen atoms in total. The minimum Gasteiger partial charge on any atom is -0.342 e. The first-order valence-electron chi connectivity index (χ1n) is 9.08. The normalized spacial score (nSPS) is 13.5. The second kappa shape index (κ2) is 10.00. The number of β-lactam (4-membered cyclic amide) rings is 1.